The Bertz CT molecular complexity index is 1190. The molecule has 2 N–H and O–H groups in total. The van der Waals surface area contributed by atoms with E-state index in [9.17, 15) is 18.0 Å². The number of halogens is 4. The number of aromatic amines is 1. The Morgan fingerprint density at radius 3 is 2.82 bits per heavy atom. The van der Waals surface area contributed by atoms with Crippen LogP contribution in [0.4, 0.5) is 18.9 Å². The molecule has 28 heavy (non-hydrogen) atoms. The van der Waals surface area contributed by atoms with Crippen molar-refractivity contribution in [2.45, 2.75) is 11.3 Å². The first-order chi connectivity index (χ1) is 13.3. The van der Waals surface area contributed by atoms with Crippen LogP contribution in [0.15, 0.2) is 47.6 Å². The fourth-order valence-electron chi connectivity index (χ4n) is 2.65. The van der Waals surface area contributed by atoms with Gasteiger partial charge in [-0.05, 0) is 30.3 Å². The minimum atomic E-state index is -4.53. The lowest BCUT2D eigenvalue weighted by atomic mass is 10.2. The lowest BCUT2D eigenvalue weighted by Crippen LogP contribution is -2.15. The van der Waals surface area contributed by atoms with Crippen molar-refractivity contribution in [2.75, 3.05) is 11.1 Å². The lowest BCUT2D eigenvalue weighted by molar-refractivity contribution is -0.137. The summed E-state index contributed by atoms with van der Waals surface area (Å²) < 4.78 is 40.3. The molecule has 2 aromatic carbocycles. The number of hydrogen-bond acceptors (Lipinski definition) is 4. The lowest BCUT2D eigenvalue weighted by Gasteiger charge is -2.11. The third-order valence-corrected chi connectivity index (χ3v) is 5.17. The highest BCUT2D eigenvalue weighted by Crippen LogP contribution is 2.34. The minimum absolute atomic E-state index is 0.0223. The van der Waals surface area contributed by atoms with Crippen LogP contribution in [-0.4, -0.2) is 31.2 Å². The molecule has 0 unspecified atom stereocenters. The molecule has 2 heterocycles. The fraction of sp³-hybridized carbons (Fsp3) is 0.118. The SMILES string of the molecule is O=C(CSc1n[nH]c2nc3ccccc3n12)Nc1cc(C(F)(F)F)ccc1Cl. The van der Waals surface area contributed by atoms with Gasteiger partial charge in [-0.1, -0.05) is 35.5 Å². The normalized spacial score (nSPS) is 12.0. The Kier molecular flexibility index (Phi) is 4.68. The average molecular weight is 426 g/mol. The molecule has 0 saturated heterocycles. The Morgan fingerprint density at radius 1 is 1.25 bits per heavy atom. The van der Waals surface area contributed by atoms with Crippen LogP contribution in [0.25, 0.3) is 16.8 Å². The molecule has 1 amide bonds. The standard InChI is InChI=1S/C17H11ClF3N5OS/c18-10-6-5-9(17(19,20)21)7-12(10)22-14(27)8-28-16-25-24-15-23-11-3-1-2-4-13(11)26(15)16/h1-7H,8H2,(H,22,27)(H,23,24). The minimum Gasteiger partial charge on any atom is -0.324 e. The van der Waals surface area contributed by atoms with Crippen molar-refractivity contribution in [3.63, 3.8) is 0 Å². The van der Waals surface area contributed by atoms with E-state index in [1.807, 2.05) is 24.3 Å². The van der Waals surface area contributed by atoms with E-state index in [0.29, 0.717) is 10.9 Å². The number of amides is 1. The van der Waals surface area contributed by atoms with Gasteiger partial charge in [0.1, 0.15) is 0 Å². The van der Waals surface area contributed by atoms with Crippen molar-refractivity contribution >= 4 is 51.8 Å². The summed E-state index contributed by atoms with van der Waals surface area (Å²) in [6, 6.07) is 10.2. The highest BCUT2D eigenvalue weighted by Gasteiger charge is 2.31. The number of benzene rings is 2. The van der Waals surface area contributed by atoms with Gasteiger partial charge in [0, 0.05) is 0 Å². The van der Waals surface area contributed by atoms with Gasteiger partial charge in [-0.3, -0.25) is 9.20 Å². The number of aromatic nitrogens is 4. The van der Waals surface area contributed by atoms with Crippen molar-refractivity contribution in [3.8, 4) is 0 Å². The molecule has 0 spiro atoms. The molecule has 4 aromatic rings. The van der Waals surface area contributed by atoms with E-state index in [2.05, 4.69) is 20.5 Å². The number of thioether (sulfide) groups is 1. The van der Waals surface area contributed by atoms with Crippen LogP contribution in [0, 0.1) is 0 Å². The topological polar surface area (TPSA) is 75.1 Å². The average Bonchev–Trinajstić information content (AvgIpc) is 3.20. The zero-order valence-corrected chi connectivity index (χ0v) is 15.5. The quantitative estimate of drug-likeness (QED) is 0.468. The first-order valence-electron chi connectivity index (χ1n) is 7.94. The summed E-state index contributed by atoms with van der Waals surface area (Å²) in [7, 11) is 0. The first-order valence-corrected chi connectivity index (χ1v) is 9.30. The molecular formula is C17H11ClF3N5OS. The van der Waals surface area contributed by atoms with Crippen LogP contribution in [0.3, 0.4) is 0 Å². The number of carbonyl (C=O) groups excluding carboxylic acids is 1. The molecule has 0 bridgehead atoms. The molecule has 4 rings (SSSR count). The van der Waals surface area contributed by atoms with Crippen LogP contribution >= 0.6 is 23.4 Å². The van der Waals surface area contributed by atoms with E-state index in [0.717, 1.165) is 41.0 Å². The number of hydrogen-bond donors (Lipinski definition) is 2. The Labute approximate surface area is 165 Å². The first kappa shape index (κ1) is 18.6. The predicted octanol–water partition coefficient (Wildman–Crippen LogP) is 4.61. The molecule has 0 aliphatic heterocycles. The number of carbonyl (C=O) groups is 1. The van der Waals surface area contributed by atoms with Gasteiger partial charge in [0.25, 0.3) is 0 Å². The molecule has 0 aliphatic carbocycles. The molecule has 0 radical (unpaired) electrons. The summed E-state index contributed by atoms with van der Waals surface area (Å²) in [6.45, 7) is 0. The number of nitrogens with zero attached hydrogens (tertiary/aromatic N) is 3. The summed E-state index contributed by atoms with van der Waals surface area (Å²) in [6.07, 6.45) is -4.53. The van der Waals surface area contributed by atoms with E-state index >= 15 is 0 Å². The third-order valence-electron chi connectivity index (χ3n) is 3.90. The molecular weight excluding hydrogens is 415 g/mol. The highest BCUT2D eigenvalue weighted by molar-refractivity contribution is 7.99. The zero-order valence-electron chi connectivity index (χ0n) is 13.9. The molecule has 0 atom stereocenters. The molecule has 0 saturated carbocycles. The molecule has 11 heteroatoms. The van der Waals surface area contributed by atoms with Crippen LogP contribution in [0.5, 0.6) is 0 Å². The second kappa shape index (κ2) is 7.02. The van der Waals surface area contributed by atoms with Crippen LogP contribution in [0.1, 0.15) is 5.56 Å². The maximum Gasteiger partial charge on any atom is 0.416 e. The number of nitrogens with one attached hydrogen (secondary N) is 2. The maximum absolute atomic E-state index is 12.8. The summed E-state index contributed by atoms with van der Waals surface area (Å²) in [5.41, 5.74) is 0.620. The van der Waals surface area contributed by atoms with E-state index in [-0.39, 0.29) is 16.5 Å². The molecule has 2 aromatic heterocycles. The monoisotopic (exact) mass is 425 g/mol. The largest absolute Gasteiger partial charge is 0.416 e. The van der Waals surface area contributed by atoms with Gasteiger partial charge in [-0.2, -0.15) is 13.2 Å². The van der Waals surface area contributed by atoms with Gasteiger partial charge >= 0.3 is 6.18 Å². The van der Waals surface area contributed by atoms with Crippen molar-refractivity contribution < 1.29 is 18.0 Å². The van der Waals surface area contributed by atoms with Crippen molar-refractivity contribution in [3.05, 3.63) is 53.1 Å². The van der Waals surface area contributed by atoms with Gasteiger partial charge in [0.05, 0.1) is 33.1 Å². The second-order valence-electron chi connectivity index (χ2n) is 5.79. The Balaban J connectivity index is 1.51. The fourth-order valence-corrected chi connectivity index (χ4v) is 3.57. The highest BCUT2D eigenvalue weighted by atomic mass is 35.5. The van der Waals surface area contributed by atoms with E-state index in [1.165, 1.54) is 0 Å². The summed E-state index contributed by atoms with van der Waals surface area (Å²) >= 11 is 7.02. The summed E-state index contributed by atoms with van der Waals surface area (Å²) in [5.74, 6) is -0.0456. The Hall–Kier alpha value is -2.72. The summed E-state index contributed by atoms with van der Waals surface area (Å²) in [5, 5.41) is 9.86. The van der Waals surface area contributed by atoms with Crippen molar-refractivity contribution in [1.29, 1.82) is 0 Å². The van der Waals surface area contributed by atoms with Crippen LogP contribution < -0.4 is 5.32 Å². The molecule has 144 valence electrons. The van der Waals surface area contributed by atoms with Gasteiger partial charge in [0.15, 0.2) is 5.16 Å². The van der Waals surface area contributed by atoms with E-state index < -0.39 is 17.6 Å². The molecule has 0 fully saturated rings. The van der Waals surface area contributed by atoms with Gasteiger partial charge in [-0.15, -0.1) is 5.10 Å². The van der Waals surface area contributed by atoms with Gasteiger partial charge in [-0.25, -0.2) is 10.1 Å². The van der Waals surface area contributed by atoms with Crippen molar-refractivity contribution in [2.24, 2.45) is 0 Å². The van der Waals surface area contributed by atoms with Crippen LogP contribution in [-0.2, 0) is 11.0 Å². The Morgan fingerprint density at radius 2 is 2.04 bits per heavy atom. The zero-order chi connectivity index (χ0) is 19.9. The third kappa shape index (κ3) is 3.52. The molecule has 6 nitrogen and oxygen atoms in total. The number of fused-ring (bicyclic) bond motifs is 3. The predicted molar refractivity (Wildman–Crippen MR) is 101 cm³/mol. The number of alkyl halides is 3. The number of para-hydroxylation sites is 2. The number of anilines is 1. The van der Waals surface area contributed by atoms with Gasteiger partial charge < -0.3 is 5.32 Å². The smallest absolute Gasteiger partial charge is 0.324 e. The maximum atomic E-state index is 12.8. The number of imidazole rings is 1. The second-order valence-corrected chi connectivity index (χ2v) is 7.14. The number of rotatable bonds is 4. The van der Waals surface area contributed by atoms with E-state index in [4.69, 9.17) is 11.6 Å². The van der Waals surface area contributed by atoms with E-state index in [1.54, 1.807) is 4.40 Å². The van der Waals surface area contributed by atoms with Gasteiger partial charge in [0.2, 0.25) is 11.7 Å². The molecule has 0 aliphatic rings. The van der Waals surface area contributed by atoms with Crippen LogP contribution in [0.2, 0.25) is 5.02 Å². The number of H-pyrrole nitrogens is 1. The van der Waals surface area contributed by atoms with Crippen molar-refractivity contribution in [1.82, 2.24) is 19.6 Å². The summed E-state index contributed by atoms with van der Waals surface area (Å²) in [4.78, 5) is 16.6.